The molecule has 0 atom stereocenters. The lowest BCUT2D eigenvalue weighted by Crippen LogP contribution is -2.13. The van der Waals surface area contributed by atoms with Crippen LogP contribution in [0.5, 0.6) is 0 Å². The molecule has 10 heteroatoms. The van der Waals surface area contributed by atoms with Gasteiger partial charge in [0.05, 0.1) is 10.5 Å². The van der Waals surface area contributed by atoms with Crippen molar-refractivity contribution in [3.8, 4) is 0 Å². The highest BCUT2D eigenvalue weighted by Gasteiger charge is 2.30. The van der Waals surface area contributed by atoms with Crippen molar-refractivity contribution in [2.75, 3.05) is 10.0 Å². The number of carbonyl (C=O) groups is 1. The number of rotatable bonds is 4. The number of carbonyl (C=O) groups excluding carboxylic acids is 1. The van der Waals surface area contributed by atoms with Gasteiger partial charge in [-0.25, -0.2) is 8.42 Å². The van der Waals surface area contributed by atoms with Crippen molar-refractivity contribution in [2.45, 2.75) is 11.1 Å². The zero-order chi connectivity index (χ0) is 22.2. The summed E-state index contributed by atoms with van der Waals surface area (Å²) < 4.78 is 65.9. The number of sulfonamides is 1. The van der Waals surface area contributed by atoms with Crippen molar-refractivity contribution in [1.29, 1.82) is 0 Å². The maximum absolute atomic E-state index is 12.8. The molecule has 0 radical (unpaired) electrons. The summed E-state index contributed by atoms with van der Waals surface area (Å²) in [5.41, 5.74) is 0.876. The van der Waals surface area contributed by atoms with Crippen LogP contribution in [-0.4, -0.2) is 19.3 Å². The molecule has 158 valence electrons. The lowest BCUT2D eigenvalue weighted by Gasteiger charge is -2.11. The first-order chi connectivity index (χ1) is 14.6. The largest absolute Gasteiger partial charge is 0.416 e. The summed E-state index contributed by atoms with van der Waals surface area (Å²) in [7, 11) is -4.11. The average molecular weight is 445 g/mol. The lowest BCUT2D eigenvalue weighted by atomic mass is 10.0. The molecular weight excluding hydrogens is 431 g/mol. The quantitative estimate of drug-likeness (QED) is 0.583. The van der Waals surface area contributed by atoms with Gasteiger partial charge in [-0.1, -0.05) is 6.07 Å². The number of benzene rings is 2. The first-order valence-corrected chi connectivity index (χ1v) is 10.4. The number of anilines is 2. The van der Waals surface area contributed by atoms with Crippen molar-refractivity contribution < 1.29 is 26.4 Å². The number of fused-ring (bicyclic) bond motifs is 1. The van der Waals surface area contributed by atoms with Crippen LogP contribution in [0.1, 0.15) is 16.7 Å². The Bertz CT molecular complexity index is 1290. The minimum atomic E-state index is -4.52. The van der Waals surface area contributed by atoms with Gasteiger partial charge in [0.15, 0.2) is 0 Å². The molecule has 3 aromatic rings. The number of hydrogen-bond acceptors (Lipinski definition) is 4. The molecule has 0 saturated heterocycles. The van der Waals surface area contributed by atoms with E-state index in [0.29, 0.717) is 16.8 Å². The van der Waals surface area contributed by atoms with Crippen LogP contribution in [0.4, 0.5) is 24.5 Å². The number of halogens is 3. The summed E-state index contributed by atoms with van der Waals surface area (Å²) in [6.07, 6.45) is 0.217. The molecule has 0 aliphatic carbocycles. The second-order valence-electron chi connectivity index (χ2n) is 6.69. The Morgan fingerprint density at radius 1 is 1.03 bits per heavy atom. The highest BCUT2D eigenvalue weighted by molar-refractivity contribution is 7.92. The van der Waals surface area contributed by atoms with Crippen LogP contribution in [0, 0.1) is 0 Å². The van der Waals surface area contributed by atoms with E-state index in [1.54, 1.807) is 30.6 Å². The van der Waals surface area contributed by atoms with Gasteiger partial charge in [0.1, 0.15) is 0 Å². The maximum Gasteiger partial charge on any atom is 0.416 e. The minimum absolute atomic E-state index is 0.0196. The van der Waals surface area contributed by atoms with Gasteiger partial charge >= 0.3 is 6.18 Å². The zero-order valence-corrected chi connectivity index (χ0v) is 16.5. The number of alkyl halides is 3. The molecule has 1 aliphatic heterocycles. The van der Waals surface area contributed by atoms with E-state index in [9.17, 15) is 26.4 Å². The normalized spacial score (nSPS) is 14.9. The molecule has 2 heterocycles. The Balaban J connectivity index is 1.65. The van der Waals surface area contributed by atoms with Crippen LogP contribution in [0.25, 0.3) is 11.6 Å². The molecule has 6 nitrogen and oxygen atoms in total. The number of nitrogens with zero attached hydrogens (tertiary/aromatic N) is 1. The van der Waals surface area contributed by atoms with Gasteiger partial charge in [-0.15, -0.1) is 0 Å². The topological polar surface area (TPSA) is 88.2 Å². The molecule has 0 saturated carbocycles. The Morgan fingerprint density at radius 3 is 2.42 bits per heavy atom. The number of amides is 1. The Labute approximate surface area is 175 Å². The van der Waals surface area contributed by atoms with Gasteiger partial charge in [0.2, 0.25) is 0 Å². The molecule has 31 heavy (non-hydrogen) atoms. The number of aromatic nitrogens is 1. The summed E-state index contributed by atoms with van der Waals surface area (Å²) >= 11 is 0. The zero-order valence-electron chi connectivity index (χ0n) is 15.6. The van der Waals surface area contributed by atoms with E-state index in [1.165, 1.54) is 18.2 Å². The molecule has 4 rings (SSSR count). The Morgan fingerprint density at radius 2 is 1.77 bits per heavy atom. The van der Waals surface area contributed by atoms with E-state index in [1.807, 2.05) is 0 Å². The van der Waals surface area contributed by atoms with Crippen LogP contribution in [-0.2, 0) is 21.0 Å². The molecule has 1 amide bonds. The van der Waals surface area contributed by atoms with Gasteiger partial charge < -0.3 is 5.32 Å². The average Bonchev–Trinajstić information content (AvgIpc) is 3.03. The van der Waals surface area contributed by atoms with Crippen LogP contribution >= 0.6 is 0 Å². The molecule has 1 aliphatic rings. The summed E-state index contributed by atoms with van der Waals surface area (Å²) in [6.45, 7) is 0. The molecule has 0 fully saturated rings. The third kappa shape index (κ3) is 4.29. The van der Waals surface area contributed by atoms with E-state index >= 15 is 0 Å². The van der Waals surface area contributed by atoms with Crippen molar-refractivity contribution in [1.82, 2.24) is 4.98 Å². The van der Waals surface area contributed by atoms with Gasteiger partial charge in [0.25, 0.3) is 15.9 Å². The van der Waals surface area contributed by atoms with Crippen molar-refractivity contribution in [2.24, 2.45) is 0 Å². The first kappa shape index (κ1) is 20.6. The third-order valence-electron chi connectivity index (χ3n) is 4.54. The van der Waals surface area contributed by atoms with E-state index in [0.717, 1.165) is 24.3 Å². The summed E-state index contributed by atoms with van der Waals surface area (Å²) in [5.74, 6) is -0.385. The van der Waals surface area contributed by atoms with E-state index < -0.39 is 21.8 Å². The second-order valence-corrected chi connectivity index (χ2v) is 8.37. The smallest absolute Gasteiger partial charge is 0.321 e. The Kier molecular flexibility index (Phi) is 5.02. The predicted molar refractivity (Wildman–Crippen MR) is 109 cm³/mol. The third-order valence-corrected chi connectivity index (χ3v) is 5.92. The van der Waals surface area contributed by atoms with Crippen molar-refractivity contribution >= 4 is 39.0 Å². The summed E-state index contributed by atoms with van der Waals surface area (Å²) in [6, 6.07) is 11.2. The summed E-state index contributed by atoms with van der Waals surface area (Å²) in [5, 5.41) is 2.67. The number of hydrogen-bond donors (Lipinski definition) is 2. The van der Waals surface area contributed by atoms with Crippen LogP contribution in [0.15, 0.2) is 71.9 Å². The van der Waals surface area contributed by atoms with E-state index in [-0.39, 0.29) is 22.1 Å². The second kappa shape index (κ2) is 7.55. The van der Waals surface area contributed by atoms with Gasteiger partial charge in [0, 0.05) is 34.9 Å². The van der Waals surface area contributed by atoms with Crippen molar-refractivity contribution in [3.05, 3.63) is 83.7 Å². The molecule has 0 spiro atoms. The standard InChI is InChI=1S/C21H14F3N3O3S/c22-21(23,24)14-3-5-15(6-4-14)27-31(29,30)16-7-8-19-17(11-16)18(20(28)26-19)10-13-2-1-9-25-12-13/h1-12,27H,(H,26,28). The van der Waals surface area contributed by atoms with Gasteiger partial charge in [-0.2, -0.15) is 13.2 Å². The number of pyridine rings is 1. The van der Waals surface area contributed by atoms with E-state index in [2.05, 4.69) is 15.0 Å². The van der Waals surface area contributed by atoms with Crippen molar-refractivity contribution in [3.63, 3.8) is 0 Å². The lowest BCUT2D eigenvalue weighted by molar-refractivity contribution is -0.137. The fourth-order valence-corrected chi connectivity index (χ4v) is 4.13. The predicted octanol–water partition coefficient (Wildman–Crippen LogP) is 4.39. The molecule has 2 N–H and O–H groups in total. The monoisotopic (exact) mass is 445 g/mol. The SMILES string of the molecule is O=C1Nc2ccc(S(=O)(=O)Nc3ccc(C(F)(F)F)cc3)cc2C1=Cc1cccnc1. The molecule has 1 aromatic heterocycles. The van der Waals surface area contributed by atoms with E-state index in [4.69, 9.17) is 0 Å². The highest BCUT2D eigenvalue weighted by Crippen LogP contribution is 2.35. The molecular formula is C21H14F3N3O3S. The Hall–Kier alpha value is -3.66. The van der Waals surface area contributed by atoms with Crippen LogP contribution < -0.4 is 10.0 Å². The minimum Gasteiger partial charge on any atom is -0.321 e. The molecule has 0 unspecified atom stereocenters. The van der Waals surface area contributed by atoms with Crippen LogP contribution in [0.2, 0.25) is 0 Å². The number of nitrogens with one attached hydrogen (secondary N) is 2. The maximum atomic E-state index is 12.8. The molecule has 0 bridgehead atoms. The fraction of sp³-hybridized carbons (Fsp3) is 0.0476. The summed E-state index contributed by atoms with van der Waals surface area (Å²) in [4.78, 5) is 16.2. The van der Waals surface area contributed by atoms with Gasteiger partial charge in [-0.3, -0.25) is 14.5 Å². The van der Waals surface area contributed by atoms with Crippen LogP contribution in [0.3, 0.4) is 0 Å². The van der Waals surface area contributed by atoms with Gasteiger partial charge in [-0.05, 0) is 60.2 Å². The first-order valence-electron chi connectivity index (χ1n) is 8.91. The molecule has 2 aromatic carbocycles. The highest BCUT2D eigenvalue weighted by atomic mass is 32.2. The fourth-order valence-electron chi connectivity index (χ4n) is 3.05.